The van der Waals surface area contributed by atoms with E-state index in [1.54, 1.807) is 12.1 Å². The van der Waals surface area contributed by atoms with E-state index in [2.05, 4.69) is 4.90 Å². The highest BCUT2D eigenvalue weighted by atomic mass is 19.1. The summed E-state index contributed by atoms with van der Waals surface area (Å²) in [7, 11) is 1.43. The van der Waals surface area contributed by atoms with E-state index in [4.69, 9.17) is 10.00 Å². The van der Waals surface area contributed by atoms with Gasteiger partial charge in [-0.05, 0) is 29.8 Å². The van der Waals surface area contributed by atoms with Crippen LogP contribution in [-0.4, -0.2) is 43.1 Å². The molecule has 140 valence electrons. The van der Waals surface area contributed by atoms with Gasteiger partial charge in [0.05, 0.1) is 23.7 Å². The first-order valence-corrected chi connectivity index (χ1v) is 8.50. The molecule has 1 heterocycles. The van der Waals surface area contributed by atoms with E-state index in [1.165, 1.54) is 25.3 Å². The highest BCUT2D eigenvalue weighted by Gasteiger charge is 2.24. The molecular formula is C19H19FN4O3. The second kappa shape index (κ2) is 8.01. The summed E-state index contributed by atoms with van der Waals surface area (Å²) in [5.74, 6) is -0.175. The number of rotatable bonds is 5. The average molecular weight is 370 g/mol. The lowest BCUT2D eigenvalue weighted by molar-refractivity contribution is -0.384. The predicted molar refractivity (Wildman–Crippen MR) is 98.3 cm³/mol. The highest BCUT2D eigenvalue weighted by Crippen LogP contribution is 2.30. The third-order valence-corrected chi connectivity index (χ3v) is 4.64. The number of ether oxygens (including phenoxy) is 1. The fourth-order valence-electron chi connectivity index (χ4n) is 3.21. The Labute approximate surface area is 156 Å². The minimum absolute atomic E-state index is 0.000300. The van der Waals surface area contributed by atoms with Crippen LogP contribution in [0.25, 0.3) is 0 Å². The molecule has 0 radical (unpaired) electrons. The van der Waals surface area contributed by atoms with Crippen molar-refractivity contribution in [3.63, 3.8) is 0 Å². The SMILES string of the molecule is COc1ccc(CN2CCN(c3cc(C#N)ccc3[N+](=O)[O-])CC2)cc1F. The molecule has 0 amide bonds. The first kappa shape index (κ1) is 18.6. The third-order valence-electron chi connectivity index (χ3n) is 4.64. The minimum atomic E-state index is -0.428. The van der Waals surface area contributed by atoms with Crippen LogP contribution in [0.15, 0.2) is 36.4 Å². The molecule has 7 nitrogen and oxygen atoms in total. The summed E-state index contributed by atoms with van der Waals surface area (Å²) >= 11 is 0. The summed E-state index contributed by atoms with van der Waals surface area (Å²) in [4.78, 5) is 15.0. The number of halogens is 1. The summed E-state index contributed by atoms with van der Waals surface area (Å²) in [6, 6.07) is 11.3. The van der Waals surface area contributed by atoms with E-state index < -0.39 is 10.7 Å². The molecule has 0 N–H and O–H groups in total. The van der Waals surface area contributed by atoms with E-state index >= 15 is 0 Å². The van der Waals surface area contributed by atoms with Crippen molar-refractivity contribution in [3.05, 3.63) is 63.5 Å². The lowest BCUT2D eigenvalue weighted by Crippen LogP contribution is -2.46. The van der Waals surface area contributed by atoms with E-state index in [0.717, 1.165) is 5.56 Å². The molecule has 1 saturated heterocycles. The molecule has 2 aromatic rings. The molecule has 0 saturated carbocycles. The number of benzene rings is 2. The largest absolute Gasteiger partial charge is 0.494 e. The Morgan fingerprint density at radius 2 is 1.96 bits per heavy atom. The number of methoxy groups -OCH3 is 1. The summed E-state index contributed by atoms with van der Waals surface area (Å²) in [5, 5.41) is 20.4. The van der Waals surface area contributed by atoms with Crippen LogP contribution >= 0.6 is 0 Å². The molecule has 8 heteroatoms. The number of anilines is 1. The molecule has 1 aliphatic heterocycles. The molecule has 1 fully saturated rings. The van der Waals surface area contributed by atoms with Gasteiger partial charge < -0.3 is 9.64 Å². The van der Waals surface area contributed by atoms with Gasteiger partial charge >= 0.3 is 0 Å². The lowest BCUT2D eigenvalue weighted by atomic mass is 10.1. The molecule has 27 heavy (non-hydrogen) atoms. The van der Waals surface area contributed by atoms with Gasteiger partial charge in [-0.15, -0.1) is 0 Å². The number of nitro groups is 1. The van der Waals surface area contributed by atoms with Crippen molar-refractivity contribution in [2.24, 2.45) is 0 Å². The second-order valence-corrected chi connectivity index (χ2v) is 6.30. The maximum absolute atomic E-state index is 13.8. The van der Waals surface area contributed by atoms with Crippen LogP contribution < -0.4 is 9.64 Å². The summed E-state index contributed by atoms with van der Waals surface area (Å²) in [6.45, 7) is 3.14. The average Bonchev–Trinajstić information content (AvgIpc) is 2.68. The van der Waals surface area contributed by atoms with Crippen molar-refractivity contribution in [1.29, 1.82) is 5.26 Å². The van der Waals surface area contributed by atoms with Crippen molar-refractivity contribution in [3.8, 4) is 11.8 Å². The van der Waals surface area contributed by atoms with Crippen LogP contribution in [0.2, 0.25) is 0 Å². The molecule has 0 unspecified atom stereocenters. The van der Waals surface area contributed by atoms with Crippen LogP contribution in [0.1, 0.15) is 11.1 Å². The Kier molecular flexibility index (Phi) is 5.52. The Morgan fingerprint density at radius 3 is 2.56 bits per heavy atom. The molecule has 0 atom stereocenters. The van der Waals surface area contributed by atoms with Gasteiger partial charge in [-0.1, -0.05) is 6.07 Å². The molecule has 1 aliphatic rings. The number of piperazine rings is 1. The van der Waals surface area contributed by atoms with Gasteiger partial charge in [0.2, 0.25) is 0 Å². The highest BCUT2D eigenvalue weighted by molar-refractivity contribution is 5.66. The normalized spacial score (nSPS) is 14.6. The number of nitriles is 1. The van der Waals surface area contributed by atoms with E-state index in [1.807, 2.05) is 17.0 Å². The smallest absolute Gasteiger partial charge is 0.292 e. The maximum Gasteiger partial charge on any atom is 0.292 e. The Balaban J connectivity index is 1.68. The van der Waals surface area contributed by atoms with E-state index in [-0.39, 0.29) is 11.4 Å². The van der Waals surface area contributed by atoms with Gasteiger partial charge in [0, 0.05) is 38.8 Å². The van der Waals surface area contributed by atoms with Crippen LogP contribution in [0, 0.1) is 27.3 Å². The van der Waals surface area contributed by atoms with Crippen molar-refractivity contribution in [2.45, 2.75) is 6.54 Å². The summed E-state index contributed by atoms with van der Waals surface area (Å²) < 4.78 is 18.8. The molecule has 0 aromatic heterocycles. The Bertz CT molecular complexity index is 889. The molecule has 0 aliphatic carbocycles. The number of hydrogen-bond donors (Lipinski definition) is 0. The monoisotopic (exact) mass is 370 g/mol. The fourth-order valence-corrected chi connectivity index (χ4v) is 3.21. The summed E-state index contributed by atoms with van der Waals surface area (Å²) in [5.41, 5.74) is 1.71. The van der Waals surface area contributed by atoms with Crippen molar-refractivity contribution in [1.82, 2.24) is 4.90 Å². The fraction of sp³-hybridized carbons (Fsp3) is 0.316. The molecule has 2 aromatic carbocycles. The topological polar surface area (TPSA) is 82.6 Å². The van der Waals surface area contributed by atoms with Gasteiger partial charge in [0.25, 0.3) is 5.69 Å². The minimum Gasteiger partial charge on any atom is -0.494 e. The number of nitro benzene ring substituents is 1. The zero-order chi connectivity index (χ0) is 19.4. The molecule has 0 spiro atoms. The number of hydrogen-bond acceptors (Lipinski definition) is 6. The van der Waals surface area contributed by atoms with Gasteiger partial charge in [0.1, 0.15) is 5.69 Å². The molecular weight excluding hydrogens is 351 g/mol. The zero-order valence-corrected chi connectivity index (χ0v) is 14.9. The second-order valence-electron chi connectivity index (χ2n) is 6.30. The van der Waals surface area contributed by atoms with Crippen LogP contribution in [0.4, 0.5) is 15.8 Å². The maximum atomic E-state index is 13.8. The molecule has 3 rings (SSSR count). The van der Waals surface area contributed by atoms with Gasteiger partial charge in [0.15, 0.2) is 11.6 Å². The van der Waals surface area contributed by atoms with Crippen LogP contribution in [0.5, 0.6) is 5.75 Å². The van der Waals surface area contributed by atoms with Crippen molar-refractivity contribution in [2.75, 3.05) is 38.2 Å². The third kappa shape index (κ3) is 4.15. The van der Waals surface area contributed by atoms with Gasteiger partial charge in [-0.3, -0.25) is 15.0 Å². The van der Waals surface area contributed by atoms with Crippen molar-refractivity contribution < 1.29 is 14.1 Å². The molecule has 0 bridgehead atoms. The number of nitrogens with zero attached hydrogens (tertiary/aromatic N) is 4. The van der Waals surface area contributed by atoms with E-state index in [0.29, 0.717) is 44.0 Å². The first-order valence-electron chi connectivity index (χ1n) is 8.50. The van der Waals surface area contributed by atoms with Crippen LogP contribution in [0.3, 0.4) is 0 Å². The Hall–Kier alpha value is -3.18. The van der Waals surface area contributed by atoms with Gasteiger partial charge in [-0.25, -0.2) is 4.39 Å². The standard InChI is InChI=1S/C19H19FN4O3/c1-27-19-5-3-15(10-16(19)20)13-22-6-8-23(9-7-22)18-11-14(12-21)2-4-17(18)24(25)26/h2-5,10-11H,6-9,13H2,1H3. The predicted octanol–water partition coefficient (Wildman–Crippen LogP) is 2.94. The first-order chi connectivity index (χ1) is 13.0. The van der Waals surface area contributed by atoms with Crippen LogP contribution in [-0.2, 0) is 6.54 Å². The van der Waals surface area contributed by atoms with Gasteiger partial charge in [-0.2, -0.15) is 5.26 Å². The summed E-state index contributed by atoms with van der Waals surface area (Å²) in [6.07, 6.45) is 0. The van der Waals surface area contributed by atoms with E-state index in [9.17, 15) is 14.5 Å². The van der Waals surface area contributed by atoms with Crippen molar-refractivity contribution >= 4 is 11.4 Å². The zero-order valence-electron chi connectivity index (χ0n) is 14.9. The quantitative estimate of drug-likeness (QED) is 0.594. The lowest BCUT2D eigenvalue weighted by Gasteiger charge is -2.35. The Morgan fingerprint density at radius 1 is 1.22 bits per heavy atom.